The second-order valence-corrected chi connectivity index (χ2v) is 3.71. The van der Waals surface area contributed by atoms with Gasteiger partial charge in [-0.25, -0.2) is 4.98 Å². The van der Waals surface area contributed by atoms with Crippen LogP contribution in [0.5, 0.6) is 0 Å². The molecule has 0 saturated heterocycles. The zero-order chi connectivity index (χ0) is 11.3. The van der Waals surface area contributed by atoms with Crippen LogP contribution in [0.4, 0.5) is 0 Å². The fraction of sp³-hybridized carbons (Fsp3) is 0.500. The van der Waals surface area contributed by atoms with Crippen LogP contribution in [0.15, 0.2) is 18.2 Å². The van der Waals surface area contributed by atoms with E-state index < -0.39 is 5.91 Å². The van der Waals surface area contributed by atoms with Crippen molar-refractivity contribution < 1.29 is 4.79 Å². The van der Waals surface area contributed by atoms with Crippen LogP contribution in [0.3, 0.4) is 0 Å². The van der Waals surface area contributed by atoms with Crippen molar-refractivity contribution in [3.05, 3.63) is 29.6 Å². The Balaban J connectivity index is 2.92. The van der Waals surface area contributed by atoms with Crippen molar-refractivity contribution in [1.29, 1.82) is 0 Å². The van der Waals surface area contributed by atoms with E-state index in [1.54, 1.807) is 6.07 Å². The summed E-state index contributed by atoms with van der Waals surface area (Å²) in [5, 5.41) is 0. The predicted molar refractivity (Wildman–Crippen MR) is 60.7 cm³/mol. The van der Waals surface area contributed by atoms with Gasteiger partial charge in [-0.05, 0) is 25.0 Å². The fourth-order valence-electron chi connectivity index (χ4n) is 1.73. The van der Waals surface area contributed by atoms with Crippen LogP contribution in [0.2, 0.25) is 0 Å². The first kappa shape index (κ1) is 11.7. The molecule has 0 radical (unpaired) electrons. The summed E-state index contributed by atoms with van der Waals surface area (Å²) < 4.78 is 0. The number of aromatic nitrogens is 1. The molecule has 15 heavy (non-hydrogen) atoms. The summed E-state index contributed by atoms with van der Waals surface area (Å²) >= 11 is 0. The van der Waals surface area contributed by atoms with Gasteiger partial charge in [-0.3, -0.25) is 4.79 Å². The average Bonchev–Trinajstić information content (AvgIpc) is 2.26. The fourth-order valence-corrected chi connectivity index (χ4v) is 1.73. The Labute approximate surface area is 90.7 Å². The maximum Gasteiger partial charge on any atom is 0.267 e. The molecule has 1 rings (SSSR count). The lowest BCUT2D eigenvalue weighted by atomic mass is 9.96. The van der Waals surface area contributed by atoms with E-state index in [2.05, 4.69) is 18.8 Å². The molecule has 3 nitrogen and oxygen atoms in total. The molecule has 0 bridgehead atoms. The van der Waals surface area contributed by atoms with Gasteiger partial charge in [-0.2, -0.15) is 0 Å². The molecule has 1 amide bonds. The molecule has 2 N–H and O–H groups in total. The van der Waals surface area contributed by atoms with Crippen molar-refractivity contribution in [2.24, 2.45) is 5.73 Å². The minimum Gasteiger partial charge on any atom is -0.364 e. The van der Waals surface area contributed by atoms with Gasteiger partial charge in [0, 0.05) is 11.6 Å². The van der Waals surface area contributed by atoms with Crippen molar-refractivity contribution in [2.75, 3.05) is 0 Å². The molecule has 0 aliphatic rings. The third-order valence-electron chi connectivity index (χ3n) is 2.57. The number of nitrogens with zero attached hydrogens (tertiary/aromatic N) is 1. The van der Waals surface area contributed by atoms with Gasteiger partial charge in [0.2, 0.25) is 0 Å². The summed E-state index contributed by atoms with van der Waals surface area (Å²) in [7, 11) is 0. The Kier molecular flexibility index (Phi) is 4.28. The van der Waals surface area contributed by atoms with E-state index in [0.29, 0.717) is 11.6 Å². The van der Waals surface area contributed by atoms with Crippen LogP contribution in [-0.4, -0.2) is 10.9 Å². The van der Waals surface area contributed by atoms with Gasteiger partial charge >= 0.3 is 0 Å². The Morgan fingerprint density at radius 2 is 2.20 bits per heavy atom. The topological polar surface area (TPSA) is 56.0 Å². The lowest BCUT2D eigenvalue weighted by Gasteiger charge is -2.13. The van der Waals surface area contributed by atoms with E-state index in [9.17, 15) is 4.79 Å². The molecule has 3 heteroatoms. The standard InChI is InChI=1S/C12H18N2O/c1-3-6-9(4-2)10-7-5-8-11(14-10)12(13)15/h5,7-9H,3-4,6H2,1-2H3,(H2,13,15). The lowest BCUT2D eigenvalue weighted by Crippen LogP contribution is -2.14. The maximum atomic E-state index is 11.0. The van der Waals surface area contributed by atoms with Gasteiger partial charge in [0.15, 0.2) is 0 Å². The van der Waals surface area contributed by atoms with Gasteiger partial charge in [0.1, 0.15) is 5.69 Å². The molecule has 1 atom stereocenters. The summed E-state index contributed by atoms with van der Waals surface area (Å²) in [4.78, 5) is 15.3. The Morgan fingerprint density at radius 1 is 1.47 bits per heavy atom. The van der Waals surface area contributed by atoms with E-state index in [-0.39, 0.29) is 0 Å². The third kappa shape index (κ3) is 3.05. The van der Waals surface area contributed by atoms with Crippen molar-refractivity contribution in [3.8, 4) is 0 Å². The monoisotopic (exact) mass is 206 g/mol. The number of nitrogens with two attached hydrogens (primary N) is 1. The number of amides is 1. The maximum absolute atomic E-state index is 11.0. The molecule has 0 aromatic carbocycles. The lowest BCUT2D eigenvalue weighted by molar-refractivity contribution is 0.0995. The normalized spacial score (nSPS) is 12.4. The quantitative estimate of drug-likeness (QED) is 0.804. The number of carbonyl (C=O) groups is 1. The minimum atomic E-state index is -0.455. The zero-order valence-corrected chi connectivity index (χ0v) is 9.36. The first-order chi connectivity index (χ1) is 7.19. The van der Waals surface area contributed by atoms with E-state index in [1.807, 2.05) is 12.1 Å². The molecule has 1 aromatic heterocycles. The third-order valence-corrected chi connectivity index (χ3v) is 2.57. The number of primary amides is 1. The van der Waals surface area contributed by atoms with E-state index in [4.69, 9.17) is 5.73 Å². The molecule has 0 aliphatic heterocycles. The number of carbonyl (C=O) groups excluding carboxylic acids is 1. The summed E-state index contributed by atoms with van der Waals surface area (Å²) in [6, 6.07) is 5.47. The number of pyridine rings is 1. The van der Waals surface area contributed by atoms with Crippen molar-refractivity contribution >= 4 is 5.91 Å². The number of rotatable bonds is 5. The first-order valence-corrected chi connectivity index (χ1v) is 5.45. The van der Waals surface area contributed by atoms with Crippen molar-refractivity contribution in [1.82, 2.24) is 4.98 Å². The van der Waals surface area contributed by atoms with Crippen LogP contribution in [0.25, 0.3) is 0 Å². The molecule has 82 valence electrons. The average molecular weight is 206 g/mol. The number of hydrogen-bond acceptors (Lipinski definition) is 2. The van der Waals surface area contributed by atoms with Gasteiger partial charge in [-0.1, -0.05) is 26.3 Å². The smallest absolute Gasteiger partial charge is 0.267 e. The summed E-state index contributed by atoms with van der Waals surface area (Å²) in [6.45, 7) is 4.29. The highest BCUT2D eigenvalue weighted by molar-refractivity contribution is 5.90. The molecule has 1 heterocycles. The zero-order valence-electron chi connectivity index (χ0n) is 9.36. The van der Waals surface area contributed by atoms with Crippen molar-refractivity contribution in [3.63, 3.8) is 0 Å². The Morgan fingerprint density at radius 3 is 2.73 bits per heavy atom. The van der Waals surface area contributed by atoms with Crippen molar-refractivity contribution in [2.45, 2.75) is 39.0 Å². The number of hydrogen-bond donors (Lipinski definition) is 1. The predicted octanol–water partition coefficient (Wildman–Crippen LogP) is 2.47. The Bertz CT molecular complexity index is 336. The molecular formula is C12H18N2O. The molecule has 0 spiro atoms. The molecule has 0 aliphatic carbocycles. The van der Waals surface area contributed by atoms with Crippen LogP contribution in [0, 0.1) is 0 Å². The molecule has 0 saturated carbocycles. The van der Waals surface area contributed by atoms with Crippen LogP contribution in [-0.2, 0) is 0 Å². The van der Waals surface area contributed by atoms with Gasteiger partial charge < -0.3 is 5.73 Å². The highest BCUT2D eigenvalue weighted by atomic mass is 16.1. The van der Waals surface area contributed by atoms with Gasteiger partial charge in [-0.15, -0.1) is 0 Å². The summed E-state index contributed by atoms with van der Waals surface area (Å²) in [5.41, 5.74) is 6.54. The van der Waals surface area contributed by atoms with E-state index >= 15 is 0 Å². The Hall–Kier alpha value is -1.38. The minimum absolute atomic E-state index is 0.363. The first-order valence-electron chi connectivity index (χ1n) is 5.45. The molecular weight excluding hydrogens is 188 g/mol. The highest BCUT2D eigenvalue weighted by Gasteiger charge is 2.11. The second kappa shape index (κ2) is 5.49. The van der Waals surface area contributed by atoms with Crippen LogP contribution >= 0.6 is 0 Å². The van der Waals surface area contributed by atoms with Crippen LogP contribution < -0.4 is 5.73 Å². The largest absolute Gasteiger partial charge is 0.364 e. The molecule has 1 unspecified atom stereocenters. The van der Waals surface area contributed by atoms with E-state index in [0.717, 1.165) is 25.0 Å². The van der Waals surface area contributed by atoms with E-state index in [1.165, 1.54) is 0 Å². The van der Waals surface area contributed by atoms with Gasteiger partial charge in [0.05, 0.1) is 0 Å². The summed E-state index contributed by atoms with van der Waals surface area (Å²) in [5.74, 6) is -0.0162. The van der Waals surface area contributed by atoms with Crippen LogP contribution in [0.1, 0.15) is 55.2 Å². The summed E-state index contributed by atoms with van der Waals surface area (Å²) in [6.07, 6.45) is 3.27. The molecule has 0 fully saturated rings. The second-order valence-electron chi connectivity index (χ2n) is 3.71. The highest BCUT2D eigenvalue weighted by Crippen LogP contribution is 2.22. The molecule has 1 aromatic rings. The SMILES string of the molecule is CCCC(CC)c1cccc(C(N)=O)n1. The van der Waals surface area contributed by atoms with Gasteiger partial charge in [0.25, 0.3) is 5.91 Å².